The van der Waals surface area contributed by atoms with Crippen LogP contribution in [-0.2, 0) is 9.22 Å². The minimum atomic E-state index is -5.66. The molecular weight excluding hydrogens is 294 g/mol. The lowest BCUT2D eigenvalue weighted by Crippen LogP contribution is -2.36. The van der Waals surface area contributed by atoms with Crippen molar-refractivity contribution in [2.45, 2.75) is 32.0 Å². The minimum Gasteiger partial charge on any atom is -0.544 e. The molecule has 0 aliphatic heterocycles. The molecule has 0 amide bonds. The van der Waals surface area contributed by atoms with Crippen molar-refractivity contribution < 1.29 is 35.6 Å². The minimum absolute atomic E-state index is 0.631. The van der Waals surface area contributed by atoms with Crippen LogP contribution < -0.4 is 0 Å². The summed E-state index contributed by atoms with van der Waals surface area (Å²) in [6, 6.07) is 0. The standard InChI is InChI=1S/C10H10F6O2Si/c1-19(2,3)18-6-4-5(17)7(6)8(9(11,12)13)10(14,15)16/h4H,1-3H3. The van der Waals surface area contributed by atoms with Crippen LogP contribution in [0, 0.1) is 0 Å². The van der Waals surface area contributed by atoms with Gasteiger partial charge in [-0.15, -0.1) is 0 Å². The lowest BCUT2D eigenvalue weighted by molar-refractivity contribution is -0.174. The van der Waals surface area contributed by atoms with Crippen LogP contribution >= 0.6 is 0 Å². The molecule has 0 atom stereocenters. The molecule has 108 valence electrons. The molecule has 0 aromatic carbocycles. The number of hydrogen-bond acceptors (Lipinski definition) is 2. The number of allylic oxidation sites excluding steroid dienone is 3. The molecule has 2 nitrogen and oxygen atoms in total. The van der Waals surface area contributed by atoms with Gasteiger partial charge in [-0.2, -0.15) is 26.3 Å². The van der Waals surface area contributed by atoms with Crippen LogP contribution in [0.25, 0.3) is 0 Å². The first-order chi connectivity index (χ1) is 8.23. The first-order valence-electron chi connectivity index (χ1n) is 5.07. The molecule has 0 N–H and O–H groups in total. The molecule has 1 rings (SSSR count). The van der Waals surface area contributed by atoms with Crippen molar-refractivity contribution in [3.05, 3.63) is 23.0 Å². The van der Waals surface area contributed by atoms with Crippen LogP contribution in [0.2, 0.25) is 19.6 Å². The van der Waals surface area contributed by atoms with Gasteiger partial charge in [0.05, 0.1) is 5.57 Å². The van der Waals surface area contributed by atoms with E-state index in [-0.39, 0.29) is 0 Å². The second-order valence-corrected chi connectivity index (χ2v) is 9.26. The summed E-state index contributed by atoms with van der Waals surface area (Å²) < 4.78 is 79.8. The van der Waals surface area contributed by atoms with Crippen molar-refractivity contribution >= 4 is 14.1 Å². The zero-order valence-corrected chi connectivity index (χ0v) is 11.2. The Balaban J connectivity index is 3.34. The predicted molar refractivity (Wildman–Crippen MR) is 56.7 cm³/mol. The number of halogens is 6. The molecule has 1 aliphatic carbocycles. The summed E-state index contributed by atoms with van der Waals surface area (Å²) in [4.78, 5) is 11.1. The van der Waals surface area contributed by atoms with Gasteiger partial charge in [-0.3, -0.25) is 4.79 Å². The highest BCUT2D eigenvalue weighted by molar-refractivity contribution is 6.70. The SMILES string of the molecule is C[Si](C)(C)OC1=CC(=O)C1=C(C(F)(F)F)C(F)(F)F. The number of carbonyl (C=O) groups excluding carboxylic acids is 1. The monoisotopic (exact) mass is 304 g/mol. The van der Waals surface area contributed by atoms with E-state index in [9.17, 15) is 31.1 Å². The third-order valence-electron chi connectivity index (χ3n) is 1.99. The molecule has 19 heavy (non-hydrogen) atoms. The lowest BCUT2D eigenvalue weighted by atomic mass is 9.92. The van der Waals surface area contributed by atoms with Gasteiger partial charge in [0, 0.05) is 6.08 Å². The van der Waals surface area contributed by atoms with E-state index in [0.29, 0.717) is 6.08 Å². The summed E-state index contributed by atoms with van der Waals surface area (Å²) in [7, 11) is -2.41. The highest BCUT2D eigenvalue weighted by Gasteiger charge is 2.56. The van der Waals surface area contributed by atoms with Gasteiger partial charge in [0.1, 0.15) is 5.76 Å². The van der Waals surface area contributed by atoms with E-state index in [1.54, 1.807) is 19.6 Å². The molecule has 0 aromatic rings. The third kappa shape index (κ3) is 3.61. The third-order valence-corrected chi connectivity index (χ3v) is 2.82. The van der Waals surface area contributed by atoms with Gasteiger partial charge in [0.15, 0.2) is 11.4 Å². The number of alkyl halides is 6. The smallest absolute Gasteiger partial charge is 0.422 e. The van der Waals surface area contributed by atoms with Gasteiger partial charge in [-0.1, -0.05) is 0 Å². The molecule has 0 bridgehead atoms. The summed E-state index contributed by atoms with van der Waals surface area (Å²) >= 11 is 0. The van der Waals surface area contributed by atoms with Crippen LogP contribution in [0.5, 0.6) is 0 Å². The Morgan fingerprint density at radius 3 is 1.74 bits per heavy atom. The van der Waals surface area contributed by atoms with E-state index in [1.165, 1.54) is 0 Å². The fourth-order valence-electron chi connectivity index (χ4n) is 1.41. The molecule has 0 saturated heterocycles. The summed E-state index contributed by atoms with van der Waals surface area (Å²) in [5.74, 6) is -1.95. The summed E-state index contributed by atoms with van der Waals surface area (Å²) in [6.07, 6.45) is -10.7. The molecule has 0 fully saturated rings. The van der Waals surface area contributed by atoms with Crippen LogP contribution in [0.1, 0.15) is 0 Å². The number of ketones is 1. The molecule has 0 spiro atoms. The maximum atomic E-state index is 12.5. The molecule has 9 heteroatoms. The van der Waals surface area contributed by atoms with E-state index in [2.05, 4.69) is 0 Å². The summed E-state index contributed by atoms with van der Waals surface area (Å²) in [5, 5.41) is 0. The topological polar surface area (TPSA) is 26.3 Å². The Morgan fingerprint density at radius 2 is 1.47 bits per heavy atom. The second-order valence-electron chi connectivity index (χ2n) is 4.83. The molecule has 0 unspecified atom stereocenters. The van der Waals surface area contributed by atoms with Gasteiger partial charge in [0.2, 0.25) is 8.32 Å². The van der Waals surface area contributed by atoms with Gasteiger partial charge in [-0.25, -0.2) is 0 Å². The summed E-state index contributed by atoms with van der Waals surface area (Å²) in [5.41, 5.74) is -4.23. The van der Waals surface area contributed by atoms with E-state index in [4.69, 9.17) is 4.43 Å². The van der Waals surface area contributed by atoms with Gasteiger partial charge >= 0.3 is 12.4 Å². The van der Waals surface area contributed by atoms with E-state index in [0.717, 1.165) is 0 Å². The van der Waals surface area contributed by atoms with E-state index >= 15 is 0 Å². The fraction of sp³-hybridized carbons (Fsp3) is 0.500. The molecule has 0 radical (unpaired) electrons. The molecule has 0 saturated carbocycles. The van der Waals surface area contributed by atoms with Crippen molar-refractivity contribution in [2.75, 3.05) is 0 Å². The lowest BCUT2D eigenvalue weighted by Gasteiger charge is -2.29. The van der Waals surface area contributed by atoms with Crippen molar-refractivity contribution in [3.8, 4) is 0 Å². The zero-order valence-electron chi connectivity index (χ0n) is 10.2. The second kappa shape index (κ2) is 4.39. The molecule has 0 aromatic heterocycles. The van der Waals surface area contributed by atoms with Gasteiger partial charge in [-0.05, 0) is 19.6 Å². The maximum Gasteiger partial charge on any atom is 0.422 e. The van der Waals surface area contributed by atoms with Crippen molar-refractivity contribution in [1.82, 2.24) is 0 Å². The average Bonchev–Trinajstić information content (AvgIpc) is 2.07. The Morgan fingerprint density at radius 1 is 1.05 bits per heavy atom. The largest absolute Gasteiger partial charge is 0.544 e. The Labute approximate surface area is 105 Å². The van der Waals surface area contributed by atoms with E-state index < -0.39 is 43.4 Å². The van der Waals surface area contributed by atoms with Gasteiger partial charge in [0.25, 0.3) is 0 Å². The van der Waals surface area contributed by atoms with Crippen LogP contribution in [-0.4, -0.2) is 26.5 Å². The van der Waals surface area contributed by atoms with Crippen molar-refractivity contribution in [1.29, 1.82) is 0 Å². The molecular formula is C10H10F6O2Si. The van der Waals surface area contributed by atoms with E-state index in [1.807, 2.05) is 0 Å². The highest BCUT2D eigenvalue weighted by Crippen LogP contribution is 2.45. The van der Waals surface area contributed by atoms with Crippen molar-refractivity contribution in [3.63, 3.8) is 0 Å². The predicted octanol–water partition coefficient (Wildman–Crippen LogP) is 3.73. The van der Waals surface area contributed by atoms with Crippen LogP contribution in [0.15, 0.2) is 23.0 Å². The van der Waals surface area contributed by atoms with Crippen LogP contribution in [0.4, 0.5) is 26.3 Å². The number of carbonyl (C=O) groups is 1. The highest BCUT2D eigenvalue weighted by atomic mass is 28.4. The average molecular weight is 304 g/mol. The Hall–Kier alpha value is -1.25. The normalized spacial score (nSPS) is 17.0. The first kappa shape index (κ1) is 15.8. The molecule has 1 aliphatic rings. The molecule has 0 heterocycles. The summed E-state index contributed by atoms with van der Waals surface area (Å²) in [6.45, 7) is 4.74. The van der Waals surface area contributed by atoms with Crippen molar-refractivity contribution in [2.24, 2.45) is 0 Å². The quantitative estimate of drug-likeness (QED) is 0.441. The zero-order chi connectivity index (χ0) is 15.2. The number of rotatable bonds is 2. The first-order valence-corrected chi connectivity index (χ1v) is 8.48. The number of hydrogen-bond donors (Lipinski definition) is 0. The Bertz CT molecular complexity index is 448. The maximum absolute atomic E-state index is 12.5. The Kier molecular flexibility index (Phi) is 3.65. The van der Waals surface area contributed by atoms with Gasteiger partial charge < -0.3 is 4.43 Å². The fourth-order valence-corrected chi connectivity index (χ4v) is 2.23. The van der Waals surface area contributed by atoms with Crippen LogP contribution in [0.3, 0.4) is 0 Å².